The Morgan fingerprint density at radius 2 is 1.81 bits per heavy atom. The van der Waals surface area contributed by atoms with Gasteiger partial charge < -0.3 is 14.2 Å². The number of benzene rings is 2. The summed E-state index contributed by atoms with van der Waals surface area (Å²) in [4.78, 5) is 1.13. The van der Waals surface area contributed by atoms with E-state index in [9.17, 15) is 0 Å². The SMILES string of the molecule is COc1cc(CC(=N)n2nc(COc3ccccc3)sc2=N)c(SN(C)C)cc1OC. The van der Waals surface area contributed by atoms with Crippen molar-refractivity contribution in [1.82, 2.24) is 14.1 Å². The maximum atomic E-state index is 8.57. The first-order valence-corrected chi connectivity index (χ1v) is 11.0. The van der Waals surface area contributed by atoms with Gasteiger partial charge in [-0.2, -0.15) is 9.78 Å². The summed E-state index contributed by atoms with van der Waals surface area (Å²) in [6.45, 7) is 0.249. The van der Waals surface area contributed by atoms with Crippen LogP contribution >= 0.6 is 23.3 Å². The van der Waals surface area contributed by atoms with Crippen LogP contribution in [0.4, 0.5) is 0 Å². The maximum Gasteiger partial charge on any atom is 0.206 e. The first kappa shape index (κ1) is 22.9. The third kappa shape index (κ3) is 5.87. The Balaban J connectivity index is 1.81. The van der Waals surface area contributed by atoms with Crippen LogP contribution < -0.4 is 19.0 Å². The lowest BCUT2D eigenvalue weighted by Crippen LogP contribution is -2.25. The largest absolute Gasteiger partial charge is 0.493 e. The van der Waals surface area contributed by atoms with Crippen LogP contribution in [0.2, 0.25) is 0 Å². The van der Waals surface area contributed by atoms with Crippen molar-refractivity contribution in [1.29, 1.82) is 10.8 Å². The number of nitrogens with zero attached hydrogens (tertiary/aromatic N) is 3. The lowest BCUT2D eigenvalue weighted by Gasteiger charge is -2.17. The molecule has 1 aromatic heterocycles. The van der Waals surface area contributed by atoms with Gasteiger partial charge in [-0.05, 0) is 55.9 Å². The van der Waals surface area contributed by atoms with Gasteiger partial charge in [0.1, 0.15) is 18.2 Å². The Hall–Kier alpha value is -2.82. The number of nitrogens with one attached hydrogen (secondary N) is 2. The molecule has 31 heavy (non-hydrogen) atoms. The first-order chi connectivity index (χ1) is 14.9. The van der Waals surface area contributed by atoms with Crippen molar-refractivity contribution < 1.29 is 14.2 Å². The fourth-order valence-corrected chi connectivity index (χ4v) is 4.32. The van der Waals surface area contributed by atoms with Crippen molar-refractivity contribution in [3.8, 4) is 17.2 Å². The first-order valence-electron chi connectivity index (χ1n) is 9.40. The van der Waals surface area contributed by atoms with Crippen LogP contribution in [0.5, 0.6) is 17.2 Å². The fourth-order valence-electron chi connectivity index (χ4n) is 2.81. The minimum absolute atomic E-state index is 0.180. The molecule has 164 valence electrons. The van der Waals surface area contributed by atoms with E-state index in [1.165, 1.54) is 28.0 Å². The van der Waals surface area contributed by atoms with Crippen molar-refractivity contribution in [2.24, 2.45) is 0 Å². The summed E-state index contributed by atoms with van der Waals surface area (Å²) < 4.78 is 19.9. The van der Waals surface area contributed by atoms with E-state index in [0.717, 1.165) is 16.2 Å². The molecule has 8 nitrogen and oxygen atoms in total. The van der Waals surface area contributed by atoms with Crippen LogP contribution in [0.1, 0.15) is 10.6 Å². The van der Waals surface area contributed by atoms with Crippen LogP contribution in [-0.4, -0.2) is 48.2 Å². The van der Waals surface area contributed by atoms with Crippen molar-refractivity contribution in [3.05, 3.63) is 57.8 Å². The molecule has 10 heteroatoms. The molecule has 0 amide bonds. The highest BCUT2D eigenvalue weighted by Crippen LogP contribution is 2.36. The highest BCUT2D eigenvalue weighted by Gasteiger charge is 2.17. The zero-order valence-corrected chi connectivity index (χ0v) is 19.5. The molecule has 0 aliphatic heterocycles. The summed E-state index contributed by atoms with van der Waals surface area (Å²) in [6, 6.07) is 13.2. The molecule has 0 saturated heterocycles. The summed E-state index contributed by atoms with van der Waals surface area (Å²) in [5.41, 5.74) is 0.892. The van der Waals surface area contributed by atoms with E-state index in [-0.39, 0.29) is 23.7 Å². The van der Waals surface area contributed by atoms with E-state index in [0.29, 0.717) is 16.5 Å². The standard InChI is InChI=1S/C21H25N5O3S2/c1-25(2)31-18-12-17(28-4)16(27-3)10-14(18)11-19(22)26-21(23)30-20(24-26)13-29-15-8-6-5-7-9-15/h5-10,12,22-23H,11,13H2,1-4H3. The third-order valence-corrected chi connectivity index (χ3v) is 5.93. The summed E-state index contributed by atoms with van der Waals surface area (Å²) in [5, 5.41) is 21.9. The van der Waals surface area contributed by atoms with Crippen molar-refractivity contribution in [2.75, 3.05) is 28.3 Å². The van der Waals surface area contributed by atoms with Gasteiger partial charge in [0.25, 0.3) is 0 Å². The second-order valence-corrected chi connectivity index (χ2v) is 9.07. The molecule has 0 bridgehead atoms. The number of para-hydroxylation sites is 1. The topological polar surface area (TPSA) is 96.4 Å². The highest BCUT2D eigenvalue weighted by atomic mass is 32.2. The summed E-state index contributed by atoms with van der Waals surface area (Å²) >= 11 is 2.73. The molecule has 0 unspecified atom stereocenters. The molecule has 0 atom stereocenters. The second kappa shape index (κ2) is 10.5. The molecule has 2 aromatic carbocycles. The van der Waals surface area contributed by atoms with Gasteiger partial charge in [0.05, 0.1) is 14.2 Å². The average Bonchev–Trinajstić information content (AvgIpc) is 3.14. The van der Waals surface area contributed by atoms with Gasteiger partial charge in [-0.15, -0.1) is 0 Å². The lowest BCUT2D eigenvalue weighted by molar-refractivity contribution is 0.304. The van der Waals surface area contributed by atoms with Crippen LogP contribution in [0.3, 0.4) is 0 Å². The number of methoxy groups -OCH3 is 2. The number of hydrogen-bond acceptors (Lipinski definition) is 9. The molecule has 3 aromatic rings. The van der Waals surface area contributed by atoms with Crippen LogP contribution in [0.25, 0.3) is 0 Å². The lowest BCUT2D eigenvalue weighted by atomic mass is 10.1. The normalized spacial score (nSPS) is 10.9. The Kier molecular flexibility index (Phi) is 7.72. The van der Waals surface area contributed by atoms with E-state index in [1.54, 1.807) is 14.2 Å². The van der Waals surface area contributed by atoms with E-state index in [1.807, 2.05) is 60.9 Å². The summed E-state index contributed by atoms with van der Waals surface area (Å²) in [5.74, 6) is 2.16. The van der Waals surface area contributed by atoms with Crippen LogP contribution in [0.15, 0.2) is 47.4 Å². The van der Waals surface area contributed by atoms with Crippen LogP contribution in [-0.2, 0) is 13.0 Å². The molecule has 0 radical (unpaired) electrons. The van der Waals surface area contributed by atoms with Gasteiger partial charge in [-0.1, -0.05) is 29.5 Å². The van der Waals surface area contributed by atoms with Crippen LogP contribution in [0, 0.1) is 10.8 Å². The fraction of sp³-hybridized carbons (Fsp3) is 0.286. The molecule has 0 saturated carbocycles. The quantitative estimate of drug-likeness (QED) is 0.288. The average molecular weight is 460 g/mol. The van der Waals surface area contributed by atoms with Gasteiger partial charge in [0, 0.05) is 11.3 Å². The molecule has 0 spiro atoms. The zero-order valence-electron chi connectivity index (χ0n) is 17.8. The van der Waals surface area contributed by atoms with Gasteiger partial charge >= 0.3 is 0 Å². The Labute approximate surface area is 189 Å². The molecule has 0 aliphatic carbocycles. The Morgan fingerprint density at radius 1 is 1.13 bits per heavy atom. The third-order valence-electron chi connectivity index (χ3n) is 4.19. The number of ether oxygens (including phenoxy) is 3. The van der Waals surface area contributed by atoms with Gasteiger partial charge in [-0.3, -0.25) is 15.1 Å². The Bertz CT molecular complexity index is 1100. The number of aromatic nitrogens is 2. The monoisotopic (exact) mass is 459 g/mol. The van der Waals surface area contributed by atoms with Gasteiger partial charge in [0.15, 0.2) is 16.5 Å². The maximum absolute atomic E-state index is 8.57. The highest BCUT2D eigenvalue weighted by molar-refractivity contribution is 7.97. The van der Waals surface area contributed by atoms with Gasteiger partial charge in [0.2, 0.25) is 4.80 Å². The minimum Gasteiger partial charge on any atom is -0.493 e. The van der Waals surface area contributed by atoms with Gasteiger partial charge in [-0.25, -0.2) is 0 Å². The molecular weight excluding hydrogens is 434 g/mol. The zero-order chi connectivity index (χ0) is 22.4. The van der Waals surface area contributed by atoms with E-state index in [2.05, 4.69) is 5.10 Å². The Morgan fingerprint density at radius 3 is 2.45 bits per heavy atom. The second-order valence-electron chi connectivity index (χ2n) is 6.66. The smallest absolute Gasteiger partial charge is 0.206 e. The number of rotatable bonds is 9. The predicted molar refractivity (Wildman–Crippen MR) is 123 cm³/mol. The molecule has 3 rings (SSSR count). The predicted octanol–water partition coefficient (Wildman–Crippen LogP) is 3.66. The van der Waals surface area contributed by atoms with E-state index in [4.69, 9.17) is 25.0 Å². The summed E-state index contributed by atoms with van der Waals surface area (Å²) in [7, 11) is 7.08. The molecule has 0 aliphatic rings. The number of hydrogen-bond donors (Lipinski definition) is 2. The molecule has 2 N–H and O–H groups in total. The van der Waals surface area contributed by atoms with E-state index >= 15 is 0 Å². The van der Waals surface area contributed by atoms with E-state index < -0.39 is 0 Å². The van der Waals surface area contributed by atoms with Crippen molar-refractivity contribution >= 4 is 29.1 Å². The molecular formula is C21H25N5O3S2. The molecule has 0 fully saturated rings. The summed E-state index contributed by atoms with van der Waals surface area (Å²) in [6.07, 6.45) is 0.287. The van der Waals surface area contributed by atoms with Crippen molar-refractivity contribution in [3.63, 3.8) is 0 Å². The molecule has 1 heterocycles. The minimum atomic E-state index is 0.180. The van der Waals surface area contributed by atoms with Crippen molar-refractivity contribution in [2.45, 2.75) is 17.9 Å².